The van der Waals surface area contributed by atoms with E-state index in [1.54, 1.807) is 12.1 Å². The zero-order valence-electron chi connectivity index (χ0n) is 9.13. The van der Waals surface area contributed by atoms with Gasteiger partial charge < -0.3 is 10.2 Å². The number of aliphatic hydroxyl groups excluding tert-OH is 2. The average Bonchev–Trinajstić information content (AvgIpc) is 2.31. The summed E-state index contributed by atoms with van der Waals surface area (Å²) in [6.45, 7) is 1.92. The molecule has 86 valence electrons. The maximum Gasteiger partial charge on any atom is 0.0991 e. The van der Waals surface area contributed by atoms with Crippen molar-refractivity contribution in [2.45, 2.75) is 6.54 Å². The van der Waals surface area contributed by atoms with Crippen molar-refractivity contribution in [3.8, 4) is 6.07 Å². The van der Waals surface area contributed by atoms with Crippen LogP contribution in [0.25, 0.3) is 0 Å². The molecule has 0 bridgehead atoms. The number of hydrogen-bond acceptors (Lipinski definition) is 4. The monoisotopic (exact) mass is 220 g/mol. The summed E-state index contributed by atoms with van der Waals surface area (Å²) in [4.78, 5) is 1.96. The minimum Gasteiger partial charge on any atom is -0.395 e. The summed E-state index contributed by atoms with van der Waals surface area (Å²) in [5.41, 5.74) is 1.71. The number of hydrogen-bond donors (Lipinski definition) is 2. The molecule has 0 amide bonds. The Morgan fingerprint density at radius 3 is 2.06 bits per heavy atom. The number of nitriles is 1. The van der Waals surface area contributed by atoms with Gasteiger partial charge in [0, 0.05) is 19.6 Å². The first-order chi connectivity index (χ1) is 7.80. The first-order valence-corrected chi connectivity index (χ1v) is 5.23. The molecule has 0 heterocycles. The van der Waals surface area contributed by atoms with E-state index in [-0.39, 0.29) is 13.2 Å². The van der Waals surface area contributed by atoms with Gasteiger partial charge in [-0.1, -0.05) is 12.1 Å². The normalized spacial score (nSPS) is 10.4. The molecule has 0 aliphatic heterocycles. The summed E-state index contributed by atoms with van der Waals surface area (Å²) >= 11 is 0. The molecule has 4 nitrogen and oxygen atoms in total. The van der Waals surface area contributed by atoms with Crippen LogP contribution in [0.4, 0.5) is 0 Å². The van der Waals surface area contributed by atoms with E-state index in [9.17, 15) is 0 Å². The molecule has 0 saturated heterocycles. The Bertz CT molecular complexity index is 337. The molecular weight excluding hydrogens is 204 g/mol. The summed E-state index contributed by atoms with van der Waals surface area (Å²) in [6.07, 6.45) is 0. The van der Waals surface area contributed by atoms with Gasteiger partial charge in [0.15, 0.2) is 0 Å². The molecule has 16 heavy (non-hydrogen) atoms. The molecule has 0 aliphatic rings. The Balaban J connectivity index is 2.59. The Morgan fingerprint density at radius 1 is 1.06 bits per heavy atom. The van der Waals surface area contributed by atoms with Gasteiger partial charge in [0.1, 0.15) is 0 Å². The van der Waals surface area contributed by atoms with E-state index in [1.165, 1.54) is 0 Å². The molecule has 2 N–H and O–H groups in total. The van der Waals surface area contributed by atoms with Crippen LogP contribution in [0.15, 0.2) is 24.3 Å². The standard InChI is InChI=1S/C12H16N2O2/c13-9-11-1-3-12(4-2-11)10-14(5-7-15)6-8-16/h1-4,15-16H,5-8,10H2. The van der Waals surface area contributed by atoms with E-state index in [1.807, 2.05) is 17.0 Å². The number of nitrogens with zero attached hydrogens (tertiary/aromatic N) is 2. The Morgan fingerprint density at radius 2 is 1.62 bits per heavy atom. The minimum absolute atomic E-state index is 0.0796. The van der Waals surface area contributed by atoms with Gasteiger partial charge in [-0.05, 0) is 17.7 Å². The first-order valence-electron chi connectivity index (χ1n) is 5.23. The van der Waals surface area contributed by atoms with Gasteiger partial charge in [-0.25, -0.2) is 0 Å². The van der Waals surface area contributed by atoms with E-state index >= 15 is 0 Å². The van der Waals surface area contributed by atoms with Crippen molar-refractivity contribution in [2.75, 3.05) is 26.3 Å². The van der Waals surface area contributed by atoms with Crippen LogP contribution in [-0.4, -0.2) is 41.4 Å². The molecule has 0 saturated carbocycles. The highest BCUT2D eigenvalue weighted by molar-refractivity contribution is 5.31. The molecule has 0 radical (unpaired) electrons. The third-order valence-electron chi connectivity index (χ3n) is 2.32. The highest BCUT2D eigenvalue weighted by Crippen LogP contribution is 2.06. The molecule has 1 aromatic carbocycles. The Labute approximate surface area is 95.4 Å². The fourth-order valence-corrected chi connectivity index (χ4v) is 1.50. The zero-order chi connectivity index (χ0) is 11.8. The van der Waals surface area contributed by atoms with Crippen LogP contribution in [-0.2, 0) is 6.54 Å². The predicted octanol–water partition coefficient (Wildman–Crippen LogP) is 0.345. The number of benzene rings is 1. The molecule has 0 fully saturated rings. The maximum absolute atomic E-state index is 8.86. The Kier molecular flexibility index (Phi) is 5.51. The second kappa shape index (κ2) is 6.96. The molecular formula is C12H16N2O2. The summed E-state index contributed by atoms with van der Waals surface area (Å²) in [5.74, 6) is 0. The lowest BCUT2D eigenvalue weighted by Crippen LogP contribution is -2.29. The van der Waals surface area contributed by atoms with Gasteiger partial charge in [-0.2, -0.15) is 5.26 Å². The summed E-state index contributed by atoms with van der Waals surface area (Å²) in [7, 11) is 0. The van der Waals surface area contributed by atoms with E-state index in [2.05, 4.69) is 6.07 Å². The van der Waals surface area contributed by atoms with Gasteiger partial charge in [-0.3, -0.25) is 4.90 Å². The lowest BCUT2D eigenvalue weighted by atomic mass is 10.1. The molecule has 0 aromatic heterocycles. The van der Waals surface area contributed by atoms with Crippen molar-refractivity contribution in [3.63, 3.8) is 0 Å². The van der Waals surface area contributed by atoms with Crippen molar-refractivity contribution >= 4 is 0 Å². The van der Waals surface area contributed by atoms with Gasteiger partial charge in [0.25, 0.3) is 0 Å². The minimum atomic E-state index is 0.0796. The topological polar surface area (TPSA) is 67.5 Å². The third kappa shape index (κ3) is 3.99. The molecule has 1 aromatic rings. The lowest BCUT2D eigenvalue weighted by Gasteiger charge is -2.19. The van der Waals surface area contributed by atoms with Crippen molar-refractivity contribution in [3.05, 3.63) is 35.4 Å². The van der Waals surface area contributed by atoms with Crippen LogP contribution in [0, 0.1) is 11.3 Å². The average molecular weight is 220 g/mol. The molecule has 0 spiro atoms. The third-order valence-corrected chi connectivity index (χ3v) is 2.32. The largest absolute Gasteiger partial charge is 0.395 e. The quantitative estimate of drug-likeness (QED) is 0.725. The van der Waals surface area contributed by atoms with Crippen LogP contribution in [0.5, 0.6) is 0 Å². The fourth-order valence-electron chi connectivity index (χ4n) is 1.50. The van der Waals surface area contributed by atoms with E-state index < -0.39 is 0 Å². The van der Waals surface area contributed by atoms with Crippen LogP contribution >= 0.6 is 0 Å². The molecule has 4 heteroatoms. The molecule has 0 aliphatic carbocycles. The number of aliphatic hydroxyl groups is 2. The fraction of sp³-hybridized carbons (Fsp3) is 0.417. The van der Waals surface area contributed by atoms with Gasteiger partial charge in [-0.15, -0.1) is 0 Å². The SMILES string of the molecule is N#Cc1ccc(CN(CCO)CCO)cc1. The molecule has 1 rings (SSSR count). The zero-order valence-corrected chi connectivity index (χ0v) is 9.13. The highest BCUT2D eigenvalue weighted by atomic mass is 16.3. The van der Waals surface area contributed by atoms with Crippen LogP contribution in [0.1, 0.15) is 11.1 Å². The van der Waals surface area contributed by atoms with E-state index in [0.29, 0.717) is 25.2 Å². The number of rotatable bonds is 6. The second-order valence-corrected chi connectivity index (χ2v) is 3.53. The van der Waals surface area contributed by atoms with E-state index in [0.717, 1.165) is 5.56 Å². The summed E-state index contributed by atoms with van der Waals surface area (Å²) < 4.78 is 0. The van der Waals surface area contributed by atoms with Crippen LogP contribution < -0.4 is 0 Å². The van der Waals surface area contributed by atoms with Crippen molar-refractivity contribution in [2.24, 2.45) is 0 Å². The van der Waals surface area contributed by atoms with Gasteiger partial charge in [0.2, 0.25) is 0 Å². The summed E-state index contributed by atoms with van der Waals surface area (Å²) in [6, 6.07) is 9.38. The first kappa shape index (κ1) is 12.7. The van der Waals surface area contributed by atoms with E-state index in [4.69, 9.17) is 15.5 Å². The predicted molar refractivity (Wildman–Crippen MR) is 60.6 cm³/mol. The van der Waals surface area contributed by atoms with Crippen molar-refractivity contribution in [1.29, 1.82) is 5.26 Å². The van der Waals surface area contributed by atoms with Crippen LogP contribution in [0.2, 0.25) is 0 Å². The summed E-state index contributed by atoms with van der Waals surface area (Å²) in [5, 5.41) is 26.4. The van der Waals surface area contributed by atoms with Gasteiger partial charge in [0.05, 0.1) is 24.8 Å². The maximum atomic E-state index is 8.86. The lowest BCUT2D eigenvalue weighted by molar-refractivity contribution is 0.156. The Hall–Kier alpha value is -1.41. The van der Waals surface area contributed by atoms with Crippen molar-refractivity contribution in [1.82, 2.24) is 4.90 Å². The second-order valence-electron chi connectivity index (χ2n) is 3.53. The molecule has 0 atom stereocenters. The highest BCUT2D eigenvalue weighted by Gasteiger charge is 2.04. The van der Waals surface area contributed by atoms with Gasteiger partial charge >= 0.3 is 0 Å². The molecule has 0 unspecified atom stereocenters. The van der Waals surface area contributed by atoms with Crippen LogP contribution in [0.3, 0.4) is 0 Å². The van der Waals surface area contributed by atoms with Crippen molar-refractivity contribution < 1.29 is 10.2 Å². The smallest absolute Gasteiger partial charge is 0.0991 e.